The Kier molecular flexibility index (Phi) is 10.6. The van der Waals surface area contributed by atoms with Gasteiger partial charge in [-0.1, -0.05) is 43.7 Å². The van der Waals surface area contributed by atoms with Crippen LogP contribution in [-0.2, 0) is 26.2 Å². The van der Waals surface area contributed by atoms with Crippen molar-refractivity contribution in [3.8, 4) is 5.75 Å². The maximum Gasteiger partial charge on any atom is 0.271 e. The number of nitro groups is 1. The number of hydrogen-bond acceptors (Lipinski definition) is 7. The summed E-state index contributed by atoms with van der Waals surface area (Å²) < 4.78 is 31.7. The number of nitro benzene ring substituents is 1. The molecular formula is C26H36N4O7S. The number of hydrogen-bond donors (Lipinski definition) is 1. The predicted molar refractivity (Wildman–Crippen MR) is 146 cm³/mol. The van der Waals surface area contributed by atoms with Gasteiger partial charge >= 0.3 is 0 Å². The molecule has 2 aromatic rings. The van der Waals surface area contributed by atoms with E-state index in [1.165, 1.54) is 24.1 Å². The zero-order valence-electron chi connectivity index (χ0n) is 22.6. The molecule has 0 bridgehead atoms. The molecule has 0 saturated carbocycles. The van der Waals surface area contributed by atoms with E-state index in [9.17, 15) is 28.1 Å². The Morgan fingerprint density at radius 3 is 2.24 bits per heavy atom. The van der Waals surface area contributed by atoms with Crippen molar-refractivity contribution >= 4 is 33.2 Å². The first-order chi connectivity index (χ1) is 17.8. The standard InChI is InChI=1S/C26H36N4O7S/c1-7-19(4)27-26(32)22(8-2)28(16-20-11-9-18(3)10-12-20)25(31)17-29(38(6,35)36)23-15-21(30(33)34)13-14-24(23)37-5/h9-15,19,22H,7-8,16-17H2,1-6H3,(H,27,32)/t19-,22-/m1/s1. The number of carbonyl (C=O) groups is 2. The number of aryl methyl sites for hydroxylation is 1. The number of sulfonamides is 1. The molecule has 0 aliphatic carbocycles. The Morgan fingerprint density at radius 2 is 1.74 bits per heavy atom. The zero-order chi connectivity index (χ0) is 28.6. The van der Waals surface area contributed by atoms with Gasteiger partial charge in [0.25, 0.3) is 5.69 Å². The lowest BCUT2D eigenvalue weighted by molar-refractivity contribution is -0.384. The molecule has 0 unspecified atom stereocenters. The van der Waals surface area contributed by atoms with Crippen molar-refractivity contribution < 1.29 is 27.7 Å². The van der Waals surface area contributed by atoms with Crippen LogP contribution < -0.4 is 14.4 Å². The third-order valence-electron chi connectivity index (χ3n) is 6.18. The van der Waals surface area contributed by atoms with Crippen LogP contribution in [0.2, 0.25) is 0 Å². The Labute approximate surface area is 224 Å². The number of carbonyl (C=O) groups excluding carboxylic acids is 2. The highest BCUT2D eigenvalue weighted by molar-refractivity contribution is 7.92. The highest BCUT2D eigenvalue weighted by Gasteiger charge is 2.33. The molecule has 0 aromatic heterocycles. The molecular weight excluding hydrogens is 512 g/mol. The van der Waals surface area contributed by atoms with Crippen LogP contribution in [0.1, 0.15) is 44.7 Å². The second-order valence-electron chi connectivity index (χ2n) is 9.13. The van der Waals surface area contributed by atoms with Crippen LogP contribution in [0.5, 0.6) is 5.75 Å². The van der Waals surface area contributed by atoms with E-state index in [0.717, 1.165) is 27.8 Å². The van der Waals surface area contributed by atoms with E-state index in [-0.39, 0.29) is 35.6 Å². The highest BCUT2D eigenvalue weighted by atomic mass is 32.2. The zero-order valence-corrected chi connectivity index (χ0v) is 23.4. The van der Waals surface area contributed by atoms with Gasteiger partial charge in [0.2, 0.25) is 21.8 Å². The quantitative estimate of drug-likeness (QED) is 0.299. The van der Waals surface area contributed by atoms with E-state index in [0.29, 0.717) is 12.8 Å². The van der Waals surface area contributed by atoms with Gasteiger partial charge in [-0.25, -0.2) is 8.42 Å². The number of ether oxygens (including phenoxy) is 1. The second kappa shape index (κ2) is 13.2. The monoisotopic (exact) mass is 548 g/mol. The van der Waals surface area contributed by atoms with E-state index in [2.05, 4.69) is 5.32 Å². The van der Waals surface area contributed by atoms with Crippen molar-refractivity contribution in [2.75, 3.05) is 24.2 Å². The minimum atomic E-state index is -4.09. The van der Waals surface area contributed by atoms with Crippen LogP contribution in [-0.4, -0.2) is 62.0 Å². The van der Waals surface area contributed by atoms with Crippen LogP contribution >= 0.6 is 0 Å². The molecule has 0 radical (unpaired) electrons. The first-order valence-corrected chi connectivity index (χ1v) is 14.1. The largest absolute Gasteiger partial charge is 0.495 e. The molecule has 0 fully saturated rings. The van der Waals surface area contributed by atoms with Gasteiger partial charge < -0.3 is 15.0 Å². The molecule has 2 rings (SSSR count). The van der Waals surface area contributed by atoms with Gasteiger partial charge in [0, 0.05) is 24.7 Å². The summed E-state index contributed by atoms with van der Waals surface area (Å²) in [6.07, 6.45) is 1.89. The fourth-order valence-electron chi connectivity index (χ4n) is 3.83. The first-order valence-electron chi connectivity index (χ1n) is 12.3. The molecule has 2 amide bonds. The number of methoxy groups -OCH3 is 1. The molecule has 208 valence electrons. The van der Waals surface area contributed by atoms with Gasteiger partial charge in [0.05, 0.1) is 18.3 Å². The number of amides is 2. The topological polar surface area (TPSA) is 139 Å². The smallest absolute Gasteiger partial charge is 0.271 e. The van der Waals surface area contributed by atoms with Crippen LogP contribution in [0.15, 0.2) is 42.5 Å². The molecule has 0 heterocycles. The Bertz CT molecular complexity index is 1250. The van der Waals surface area contributed by atoms with Crippen molar-refractivity contribution in [1.29, 1.82) is 0 Å². The van der Waals surface area contributed by atoms with E-state index in [1.807, 2.05) is 45.0 Å². The molecule has 38 heavy (non-hydrogen) atoms. The third-order valence-corrected chi connectivity index (χ3v) is 7.31. The average molecular weight is 549 g/mol. The summed E-state index contributed by atoms with van der Waals surface area (Å²) in [7, 11) is -2.80. The van der Waals surface area contributed by atoms with E-state index in [1.54, 1.807) is 6.92 Å². The summed E-state index contributed by atoms with van der Waals surface area (Å²) in [4.78, 5) is 39.0. The van der Waals surface area contributed by atoms with Gasteiger partial charge in [-0.15, -0.1) is 0 Å². The van der Waals surface area contributed by atoms with Crippen molar-refractivity contribution in [2.45, 2.75) is 59.2 Å². The number of nitrogens with one attached hydrogen (secondary N) is 1. The Hall–Kier alpha value is -3.67. The average Bonchev–Trinajstić information content (AvgIpc) is 2.86. The van der Waals surface area contributed by atoms with Crippen LogP contribution in [0.3, 0.4) is 0 Å². The normalized spacial score (nSPS) is 12.8. The van der Waals surface area contributed by atoms with Crippen molar-refractivity contribution in [3.63, 3.8) is 0 Å². The predicted octanol–water partition coefficient (Wildman–Crippen LogP) is 3.40. The lowest BCUT2D eigenvalue weighted by Crippen LogP contribution is -2.53. The molecule has 2 aromatic carbocycles. The fourth-order valence-corrected chi connectivity index (χ4v) is 4.68. The fraction of sp³-hybridized carbons (Fsp3) is 0.462. The second-order valence-corrected chi connectivity index (χ2v) is 11.0. The molecule has 12 heteroatoms. The summed E-state index contributed by atoms with van der Waals surface area (Å²) in [5.74, 6) is -0.947. The van der Waals surface area contributed by atoms with Gasteiger partial charge in [0.15, 0.2) is 0 Å². The summed E-state index contributed by atoms with van der Waals surface area (Å²) in [6, 6.07) is 9.96. The molecule has 0 aliphatic heterocycles. The Morgan fingerprint density at radius 1 is 1.11 bits per heavy atom. The van der Waals surface area contributed by atoms with E-state index < -0.39 is 33.4 Å². The minimum Gasteiger partial charge on any atom is -0.495 e. The third kappa shape index (κ3) is 7.91. The van der Waals surface area contributed by atoms with Gasteiger partial charge in [0.1, 0.15) is 24.0 Å². The molecule has 11 nitrogen and oxygen atoms in total. The maximum atomic E-state index is 13.8. The molecule has 1 N–H and O–H groups in total. The number of anilines is 1. The van der Waals surface area contributed by atoms with Crippen molar-refractivity contribution in [1.82, 2.24) is 10.2 Å². The van der Waals surface area contributed by atoms with Gasteiger partial charge in [-0.3, -0.25) is 24.0 Å². The van der Waals surface area contributed by atoms with E-state index >= 15 is 0 Å². The van der Waals surface area contributed by atoms with Crippen molar-refractivity contribution in [3.05, 3.63) is 63.7 Å². The number of rotatable bonds is 13. The van der Waals surface area contributed by atoms with Crippen LogP contribution in [0.4, 0.5) is 11.4 Å². The summed E-state index contributed by atoms with van der Waals surface area (Å²) in [5, 5.41) is 14.3. The summed E-state index contributed by atoms with van der Waals surface area (Å²) in [6.45, 7) is 6.87. The van der Waals surface area contributed by atoms with E-state index in [4.69, 9.17) is 4.74 Å². The van der Waals surface area contributed by atoms with Gasteiger partial charge in [-0.2, -0.15) is 0 Å². The molecule has 2 atom stereocenters. The number of nitrogens with zero attached hydrogens (tertiary/aromatic N) is 3. The Balaban J connectivity index is 2.55. The summed E-state index contributed by atoms with van der Waals surface area (Å²) in [5.41, 5.74) is 1.27. The number of non-ortho nitro benzene ring substituents is 1. The lowest BCUT2D eigenvalue weighted by atomic mass is 10.1. The SMILES string of the molecule is CC[C@@H](C)NC(=O)[C@@H](CC)N(Cc1ccc(C)cc1)C(=O)CN(c1cc([N+](=O)[O-])ccc1OC)S(C)(=O)=O. The summed E-state index contributed by atoms with van der Waals surface area (Å²) >= 11 is 0. The van der Waals surface area contributed by atoms with Crippen LogP contribution in [0, 0.1) is 17.0 Å². The van der Waals surface area contributed by atoms with Crippen molar-refractivity contribution in [2.24, 2.45) is 0 Å². The molecule has 0 spiro atoms. The van der Waals surface area contributed by atoms with Gasteiger partial charge in [-0.05, 0) is 38.3 Å². The van der Waals surface area contributed by atoms with Crippen LogP contribution in [0.25, 0.3) is 0 Å². The first kappa shape index (κ1) is 30.6. The lowest BCUT2D eigenvalue weighted by Gasteiger charge is -2.33. The number of benzene rings is 2. The minimum absolute atomic E-state index is 0.0421. The highest BCUT2D eigenvalue weighted by Crippen LogP contribution is 2.34. The maximum absolute atomic E-state index is 13.8. The molecule has 0 aliphatic rings. The molecule has 0 saturated heterocycles.